The summed E-state index contributed by atoms with van der Waals surface area (Å²) in [5, 5.41) is 0. The van der Waals surface area contributed by atoms with Crippen molar-refractivity contribution in [3.05, 3.63) is 27.7 Å². The minimum atomic E-state index is 0.474. The maximum Gasteiger partial charge on any atom is 0.120 e. The van der Waals surface area contributed by atoms with Gasteiger partial charge < -0.3 is 10.5 Å². The topological polar surface area (TPSA) is 35.2 Å². The van der Waals surface area contributed by atoms with E-state index < -0.39 is 0 Å². The van der Waals surface area contributed by atoms with Crippen molar-refractivity contribution in [2.45, 2.75) is 26.2 Å². The lowest BCUT2D eigenvalue weighted by Crippen LogP contribution is -2.06. The molecule has 0 aliphatic heterocycles. The van der Waals surface area contributed by atoms with Gasteiger partial charge in [0.15, 0.2) is 0 Å². The zero-order chi connectivity index (χ0) is 11.4. The van der Waals surface area contributed by atoms with Crippen LogP contribution >= 0.6 is 15.9 Å². The van der Waals surface area contributed by atoms with Gasteiger partial charge in [0.05, 0.1) is 7.11 Å². The number of nitrogens with two attached hydrogens (primary N) is 1. The Bertz CT molecular complexity index is 339. The molecule has 0 saturated carbocycles. The fourth-order valence-electron chi connectivity index (χ4n) is 1.71. The van der Waals surface area contributed by atoms with Gasteiger partial charge >= 0.3 is 0 Å². The lowest BCUT2D eigenvalue weighted by Gasteiger charge is -2.16. The monoisotopic (exact) mass is 271 g/mol. The number of hydrogen-bond donors (Lipinski definition) is 1. The molecule has 0 amide bonds. The van der Waals surface area contributed by atoms with Crippen LogP contribution in [-0.4, -0.2) is 13.7 Å². The summed E-state index contributed by atoms with van der Waals surface area (Å²) in [6, 6.07) is 4.09. The van der Waals surface area contributed by atoms with Gasteiger partial charge in [-0.2, -0.15) is 0 Å². The molecule has 0 bridgehead atoms. The third-order valence-electron chi connectivity index (χ3n) is 2.72. The van der Waals surface area contributed by atoms with Crippen molar-refractivity contribution in [3.63, 3.8) is 0 Å². The molecule has 2 nitrogen and oxygen atoms in total. The molecule has 1 atom stereocenters. The predicted octanol–water partition coefficient (Wildman–Crippen LogP) is 3.22. The maximum absolute atomic E-state index is 5.58. The van der Waals surface area contributed by atoms with E-state index in [0.717, 1.165) is 23.2 Å². The van der Waals surface area contributed by atoms with Crippen LogP contribution in [0.2, 0.25) is 0 Å². The first-order valence-corrected chi connectivity index (χ1v) is 5.93. The quantitative estimate of drug-likeness (QED) is 0.913. The van der Waals surface area contributed by atoms with Crippen LogP contribution < -0.4 is 10.5 Å². The van der Waals surface area contributed by atoms with Gasteiger partial charge in [0.1, 0.15) is 5.75 Å². The molecule has 0 aliphatic rings. The highest BCUT2D eigenvalue weighted by molar-refractivity contribution is 9.10. The molecule has 0 saturated heterocycles. The number of benzene rings is 1. The summed E-state index contributed by atoms with van der Waals surface area (Å²) < 4.78 is 6.36. The third-order valence-corrected chi connectivity index (χ3v) is 3.55. The van der Waals surface area contributed by atoms with Gasteiger partial charge in [0.25, 0.3) is 0 Å². The lowest BCUT2D eigenvalue weighted by molar-refractivity contribution is 0.413. The van der Waals surface area contributed by atoms with Crippen LogP contribution in [0.25, 0.3) is 0 Å². The Morgan fingerprint density at radius 1 is 1.47 bits per heavy atom. The van der Waals surface area contributed by atoms with Gasteiger partial charge in [-0.25, -0.2) is 0 Å². The van der Waals surface area contributed by atoms with Crippen molar-refractivity contribution in [3.8, 4) is 5.75 Å². The van der Waals surface area contributed by atoms with E-state index in [9.17, 15) is 0 Å². The first-order chi connectivity index (χ1) is 7.10. The van der Waals surface area contributed by atoms with Crippen LogP contribution in [0.4, 0.5) is 0 Å². The molecule has 15 heavy (non-hydrogen) atoms. The molecule has 0 spiro atoms. The zero-order valence-corrected chi connectivity index (χ0v) is 11.1. The van der Waals surface area contributed by atoms with Crippen LogP contribution in [-0.2, 0) is 0 Å². The van der Waals surface area contributed by atoms with Crippen LogP contribution in [0.3, 0.4) is 0 Å². The zero-order valence-electron chi connectivity index (χ0n) is 9.51. The van der Waals surface area contributed by atoms with Gasteiger partial charge in [-0.3, -0.25) is 0 Å². The van der Waals surface area contributed by atoms with E-state index >= 15 is 0 Å². The molecule has 3 heteroatoms. The van der Waals surface area contributed by atoms with Crippen LogP contribution in [0.5, 0.6) is 5.75 Å². The Morgan fingerprint density at radius 2 is 2.13 bits per heavy atom. The molecule has 0 aromatic heterocycles. The highest BCUT2D eigenvalue weighted by Crippen LogP contribution is 2.32. The molecule has 1 unspecified atom stereocenters. The number of halogens is 1. The minimum absolute atomic E-state index is 0.474. The molecule has 0 radical (unpaired) electrons. The first kappa shape index (κ1) is 12.5. The Balaban J connectivity index is 3.09. The predicted molar refractivity (Wildman–Crippen MR) is 67.5 cm³/mol. The van der Waals surface area contributed by atoms with Crippen molar-refractivity contribution in [1.82, 2.24) is 0 Å². The van der Waals surface area contributed by atoms with E-state index in [0.29, 0.717) is 5.92 Å². The summed E-state index contributed by atoms with van der Waals surface area (Å²) >= 11 is 3.55. The second-order valence-corrected chi connectivity index (χ2v) is 4.66. The average Bonchev–Trinajstić information content (AvgIpc) is 2.22. The average molecular weight is 272 g/mol. The first-order valence-electron chi connectivity index (χ1n) is 5.14. The van der Waals surface area contributed by atoms with E-state index in [-0.39, 0.29) is 0 Å². The third kappa shape index (κ3) is 2.95. The molecule has 2 N–H and O–H groups in total. The maximum atomic E-state index is 5.58. The van der Waals surface area contributed by atoms with Gasteiger partial charge in [-0.1, -0.05) is 22.9 Å². The van der Waals surface area contributed by atoms with Gasteiger partial charge in [0, 0.05) is 4.47 Å². The van der Waals surface area contributed by atoms with Crippen LogP contribution in [0.15, 0.2) is 16.6 Å². The summed E-state index contributed by atoms with van der Waals surface area (Å²) in [5.41, 5.74) is 8.17. The Morgan fingerprint density at radius 3 is 2.67 bits per heavy atom. The SMILES string of the molecule is COc1cc(Br)c(C)c(C(C)CCN)c1. The molecular formula is C12H18BrNO. The fourth-order valence-corrected chi connectivity index (χ4v) is 2.16. The molecule has 0 aliphatic carbocycles. The summed E-state index contributed by atoms with van der Waals surface area (Å²) in [6.45, 7) is 5.03. The molecule has 0 fully saturated rings. The second kappa shape index (κ2) is 5.52. The van der Waals surface area contributed by atoms with Crippen molar-refractivity contribution in [2.24, 2.45) is 5.73 Å². The summed E-state index contributed by atoms with van der Waals surface area (Å²) in [6.07, 6.45) is 1.00. The van der Waals surface area contributed by atoms with E-state index in [1.165, 1.54) is 11.1 Å². The lowest BCUT2D eigenvalue weighted by atomic mass is 9.93. The smallest absolute Gasteiger partial charge is 0.120 e. The van der Waals surface area contributed by atoms with Crippen molar-refractivity contribution < 1.29 is 4.74 Å². The number of rotatable bonds is 4. The standard InChI is InChI=1S/C12H18BrNO/c1-8(4-5-14)11-6-10(15-3)7-12(13)9(11)2/h6-8H,4-5,14H2,1-3H3. The van der Waals surface area contributed by atoms with E-state index in [4.69, 9.17) is 10.5 Å². The second-order valence-electron chi connectivity index (χ2n) is 3.80. The van der Waals surface area contributed by atoms with E-state index in [1.54, 1.807) is 7.11 Å². The largest absolute Gasteiger partial charge is 0.497 e. The van der Waals surface area contributed by atoms with E-state index in [2.05, 4.69) is 35.8 Å². The highest BCUT2D eigenvalue weighted by atomic mass is 79.9. The molecular weight excluding hydrogens is 254 g/mol. The van der Waals surface area contributed by atoms with Gasteiger partial charge in [-0.05, 0) is 49.1 Å². The van der Waals surface area contributed by atoms with Gasteiger partial charge in [0.2, 0.25) is 0 Å². The molecule has 0 heterocycles. The van der Waals surface area contributed by atoms with Crippen molar-refractivity contribution >= 4 is 15.9 Å². The van der Waals surface area contributed by atoms with E-state index in [1.807, 2.05) is 6.07 Å². The highest BCUT2D eigenvalue weighted by Gasteiger charge is 2.11. The molecule has 1 rings (SSSR count). The normalized spacial score (nSPS) is 12.6. The van der Waals surface area contributed by atoms with Crippen LogP contribution in [0, 0.1) is 6.92 Å². The Kier molecular flexibility index (Phi) is 4.61. The fraction of sp³-hybridized carbons (Fsp3) is 0.500. The molecule has 1 aromatic rings. The number of methoxy groups -OCH3 is 1. The van der Waals surface area contributed by atoms with Crippen LogP contribution in [0.1, 0.15) is 30.4 Å². The summed E-state index contributed by atoms with van der Waals surface area (Å²) in [5.74, 6) is 1.37. The summed E-state index contributed by atoms with van der Waals surface area (Å²) in [7, 11) is 1.69. The molecule has 84 valence electrons. The minimum Gasteiger partial charge on any atom is -0.497 e. The molecule has 1 aromatic carbocycles. The summed E-state index contributed by atoms with van der Waals surface area (Å²) in [4.78, 5) is 0. The van der Waals surface area contributed by atoms with Crippen molar-refractivity contribution in [2.75, 3.05) is 13.7 Å². The Labute approximate surface area is 99.9 Å². The van der Waals surface area contributed by atoms with Gasteiger partial charge in [-0.15, -0.1) is 0 Å². The van der Waals surface area contributed by atoms with Crippen molar-refractivity contribution in [1.29, 1.82) is 0 Å². The number of hydrogen-bond acceptors (Lipinski definition) is 2. The number of ether oxygens (including phenoxy) is 1. The Hall–Kier alpha value is -0.540.